The first-order valence-electron chi connectivity index (χ1n) is 8.19. The van der Waals surface area contributed by atoms with Gasteiger partial charge in [0.05, 0.1) is 0 Å². The minimum atomic E-state index is -0.424. The molecule has 1 aliphatic carbocycles. The molecule has 1 heterocycles. The number of hydrogen-bond acceptors (Lipinski definition) is 4. The van der Waals surface area contributed by atoms with Crippen molar-refractivity contribution in [2.24, 2.45) is 5.92 Å². The van der Waals surface area contributed by atoms with Crippen LogP contribution in [0.5, 0.6) is 0 Å². The Balaban J connectivity index is 1.66. The van der Waals surface area contributed by atoms with Crippen LogP contribution in [-0.2, 0) is 22.4 Å². The number of hydrogen-bond donors (Lipinski definition) is 1. The normalized spacial score (nSPS) is 12.5. The molecule has 0 aliphatic heterocycles. The quantitative estimate of drug-likeness (QED) is 0.846. The lowest BCUT2D eigenvalue weighted by Crippen LogP contribution is -2.31. The molecule has 24 heavy (non-hydrogen) atoms. The van der Waals surface area contributed by atoms with Crippen molar-refractivity contribution in [3.8, 4) is 10.4 Å². The average molecular weight is 343 g/mol. The number of carbonyl (C=O) groups excluding carboxylic acids is 2. The Morgan fingerprint density at radius 1 is 1.21 bits per heavy atom. The van der Waals surface area contributed by atoms with Crippen molar-refractivity contribution >= 4 is 23.2 Å². The van der Waals surface area contributed by atoms with Gasteiger partial charge in [0.1, 0.15) is 4.88 Å². The predicted octanol–water partition coefficient (Wildman–Crippen LogP) is 3.44. The van der Waals surface area contributed by atoms with E-state index in [-0.39, 0.29) is 12.5 Å². The minimum Gasteiger partial charge on any atom is -0.451 e. The smallest absolute Gasteiger partial charge is 0.348 e. The van der Waals surface area contributed by atoms with Gasteiger partial charge in [-0.25, -0.2) is 4.79 Å². The SMILES string of the molecule is CC(C)CNC(=O)COC(=O)c1cc2c(s1)-c1ccccc1CC2. The third-order valence-electron chi connectivity index (χ3n) is 3.98. The van der Waals surface area contributed by atoms with Crippen LogP contribution in [0.25, 0.3) is 10.4 Å². The van der Waals surface area contributed by atoms with Crippen LogP contribution in [0, 0.1) is 5.92 Å². The number of benzene rings is 1. The number of fused-ring (bicyclic) bond motifs is 3. The van der Waals surface area contributed by atoms with Gasteiger partial charge in [-0.05, 0) is 41.5 Å². The van der Waals surface area contributed by atoms with Crippen LogP contribution in [-0.4, -0.2) is 25.0 Å². The van der Waals surface area contributed by atoms with Crippen LogP contribution in [0.3, 0.4) is 0 Å². The Kier molecular flexibility index (Phi) is 5.00. The lowest BCUT2D eigenvalue weighted by Gasteiger charge is -2.15. The zero-order chi connectivity index (χ0) is 17.1. The van der Waals surface area contributed by atoms with Gasteiger partial charge in [0.25, 0.3) is 5.91 Å². The van der Waals surface area contributed by atoms with Crippen LogP contribution in [0.2, 0.25) is 0 Å². The van der Waals surface area contributed by atoms with E-state index in [1.54, 1.807) is 0 Å². The highest BCUT2D eigenvalue weighted by molar-refractivity contribution is 7.17. The maximum Gasteiger partial charge on any atom is 0.348 e. The molecule has 1 aliphatic rings. The molecule has 0 saturated carbocycles. The summed E-state index contributed by atoms with van der Waals surface area (Å²) in [6.45, 7) is 4.38. The molecule has 1 aromatic heterocycles. The minimum absolute atomic E-state index is 0.231. The molecular formula is C19H21NO3S. The van der Waals surface area contributed by atoms with Crippen LogP contribution >= 0.6 is 11.3 Å². The van der Waals surface area contributed by atoms with Gasteiger partial charge in [0.15, 0.2) is 6.61 Å². The van der Waals surface area contributed by atoms with Crippen molar-refractivity contribution in [1.82, 2.24) is 5.32 Å². The summed E-state index contributed by atoms with van der Waals surface area (Å²) in [6.07, 6.45) is 1.93. The number of esters is 1. The van der Waals surface area contributed by atoms with Gasteiger partial charge in [-0.2, -0.15) is 0 Å². The average Bonchev–Trinajstić information content (AvgIpc) is 3.02. The lowest BCUT2D eigenvalue weighted by molar-refractivity contribution is -0.124. The molecular weight excluding hydrogens is 322 g/mol. The number of thiophene rings is 1. The maximum absolute atomic E-state index is 12.2. The summed E-state index contributed by atoms with van der Waals surface area (Å²) in [7, 11) is 0. The fraction of sp³-hybridized carbons (Fsp3) is 0.368. The first-order chi connectivity index (χ1) is 11.5. The van der Waals surface area contributed by atoms with Gasteiger partial charge in [0.2, 0.25) is 0 Å². The van der Waals surface area contributed by atoms with Crippen molar-refractivity contribution in [2.45, 2.75) is 26.7 Å². The van der Waals surface area contributed by atoms with Gasteiger partial charge in [-0.15, -0.1) is 11.3 Å². The van der Waals surface area contributed by atoms with Crippen LogP contribution in [0.1, 0.15) is 34.6 Å². The molecule has 4 nitrogen and oxygen atoms in total. The zero-order valence-corrected chi connectivity index (χ0v) is 14.7. The molecule has 1 N–H and O–H groups in total. The van der Waals surface area contributed by atoms with E-state index >= 15 is 0 Å². The molecule has 2 aromatic rings. The third kappa shape index (κ3) is 3.67. The van der Waals surface area contributed by atoms with Crippen molar-refractivity contribution in [3.63, 3.8) is 0 Å². The number of nitrogens with one attached hydrogen (secondary N) is 1. The van der Waals surface area contributed by atoms with E-state index in [9.17, 15) is 9.59 Å². The standard InChI is InChI=1S/C19H21NO3S/c1-12(2)10-20-17(21)11-23-19(22)16-9-14-8-7-13-5-3-4-6-15(13)18(14)24-16/h3-6,9,12H,7-8,10-11H2,1-2H3,(H,20,21). The third-order valence-corrected chi connectivity index (χ3v) is 5.17. The van der Waals surface area contributed by atoms with Gasteiger partial charge in [0, 0.05) is 11.4 Å². The fourth-order valence-corrected chi connectivity index (χ4v) is 3.91. The van der Waals surface area contributed by atoms with Gasteiger partial charge >= 0.3 is 5.97 Å². The molecule has 0 atom stereocenters. The molecule has 5 heteroatoms. The monoisotopic (exact) mass is 343 g/mol. The summed E-state index contributed by atoms with van der Waals surface area (Å²) in [5.41, 5.74) is 3.72. The van der Waals surface area contributed by atoms with Gasteiger partial charge in [-0.1, -0.05) is 38.1 Å². The maximum atomic E-state index is 12.2. The van der Waals surface area contributed by atoms with E-state index in [1.165, 1.54) is 28.0 Å². The molecule has 0 radical (unpaired) electrons. The summed E-state index contributed by atoms with van der Waals surface area (Å²) in [5, 5.41) is 2.74. The molecule has 0 unspecified atom stereocenters. The number of rotatable bonds is 5. The Morgan fingerprint density at radius 3 is 2.75 bits per heavy atom. The Bertz CT molecular complexity index is 764. The van der Waals surface area contributed by atoms with E-state index in [2.05, 4.69) is 17.4 Å². The second-order valence-electron chi connectivity index (χ2n) is 6.40. The molecule has 3 rings (SSSR count). The highest BCUT2D eigenvalue weighted by atomic mass is 32.1. The largest absolute Gasteiger partial charge is 0.451 e. The first kappa shape index (κ1) is 16.7. The van der Waals surface area contributed by atoms with E-state index < -0.39 is 5.97 Å². The summed E-state index contributed by atoms with van der Waals surface area (Å²) in [5.74, 6) is -0.316. The van der Waals surface area contributed by atoms with E-state index in [1.807, 2.05) is 32.0 Å². The summed E-state index contributed by atoms with van der Waals surface area (Å²) in [6, 6.07) is 10.2. The molecule has 0 bridgehead atoms. The molecule has 0 fully saturated rings. The molecule has 0 saturated heterocycles. The van der Waals surface area contributed by atoms with E-state index in [0.29, 0.717) is 17.3 Å². The van der Waals surface area contributed by atoms with Crippen molar-refractivity contribution in [3.05, 3.63) is 46.3 Å². The van der Waals surface area contributed by atoms with Crippen molar-refractivity contribution in [1.29, 1.82) is 0 Å². The highest BCUT2D eigenvalue weighted by Gasteiger charge is 2.22. The summed E-state index contributed by atoms with van der Waals surface area (Å²) >= 11 is 1.45. The second-order valence-corrected chi connectivity index (χ2v) is 7.45. The number of amides is 1. The van der Waals surface area contributed by atoms with Gasteiger partial charge < -0.3 is 10.1 Å². The zero-order valence-electron chi connectivity index (χ0n) is 13.9. The fourth-order valence-electron chi connectivity index (χ4n) is 2.74. The summed E-state index contributed by atoms with van der Waals surface area (Å²) < 4.78 is 5.15. The Morgan fingerprint density at radius 2 is 1.96 bits per heavy atom. The van der Waals surface area contributed by atoms with E-state index in [4.69, 9.17) is 4.74 Å². The molecule has 126 valence electrons. The lowest BCUT2D eigenvalue weighted by atomic mass is 9.91. The second kappa shape index (κ2) is 7.18. The molecule has 1 aromatic carbocycles. The van der Waals surface area contributed by atoms with Gasteiger partial charge in [-0.3, -0.25) is 4.79 Å². The van der Waals surface area contributed by atoms with Crippen LogP contribution in [0.4, 0.5) is 0 Å². The topological polar surface area (TPSA) is 55.4 Å². The number of ether oxygens (including phenoxy) is 1. The van der Waals surface area contributed by atoms with Crippen LogP contribution in [0.15, 0.2) is 30.3 Å². The van der Waals surface area contributed by atoms with Crippen molar-refractivity contribution in [2.75, 3.05) is 13.2 Å². The Labute approximate surface area is 145 Å². The van der Waals surface area contributed by atoms with Crippen molar-refractivity contribution < 1.29 is 14.3 Å². The Hall–Kier alpha value is -2.14. The van der Waals surface area contributed by atoms with E-state index in [0.717, 1.165) is 17.7 Å². The molecule has 0 spiro atoms. The molecule has 1 amide bonds. The van der Waals surface area contributed by atoms with Crippen LogP contribution < -0.4 is 5.32 Å². The predicted molar refractivity (Wildman–Crippen MR) is 95.3 cm³/mol. The highest BCUT2D eigenvalue weighted by Crippen LogP contribution is 2.39. The first-order valence-corrected chi connectivity index (χ1v) is 9.01. The number of carbonyl (C=O) groups is 2. The number of aryl methyl sites for hydroxylation is 2. The summed E-state index contributed by atoms with van der Waals surface area (Å²) in [4.78, 5) is 25.6.